The van der Waals surface area contributed by atoms with E-state index in [1.54, 1.807) is 0 Å². The van der Waals surface area contributed by atoms with Crippen LogP contribution in [0, 0.1) is 0 Å². The van der Waals surface area contributed by atoms with Crippen LogP contribution in [0.25, 0.3) is 0 Å². The molecule has 0 radical (unpaired) electrons. The molecule has 0 aromatic carbocycles. The molecule has 0 saturated carbocycles. The van der Waals surface area contributed by atoms with Crippen molar-refractivity contribution in [1.29, 1.82) is 0 Å². The Morgan fingerprint density at radius 3 is 2.62 bits per heavy atom. The summed E-state index contributed by atoms with van der Waals surface area (Å²) in [6, 6.07) is 0. The molecule has 1 aromatic heterocycles. The molecule has 1 saturated heterocycles. The second-order valence-corrected chi connectivity index (χ2v) is 11.5. The first-order chi connectivity index (χ1) is 9.69. The van der Waals surface area contributed by atoms with Gasteiger partial charge in [0.2, 0.25) is 4.97 Å². The molecule has 1 aliphatic heterocycles. The highest BCUT2D eigenvalue weighted by molar-refractivity contribution is 8.36. The maximum absolute atomic E-state index is 11.7. The van der Waals surface area contributed by atoms with Crippen LogP contribution in [0.3, 0.4) is 0 Å². The van der Waals surface area contributed by atoms with Gasteiger partial charge in [0.05, 0.1) is 12.2 Å². The Morgan fingerprint density at radius 2 is 2.05 bits per heavy atom. The van der Waals surface area contributed by atoms with Gasteiger partial charge in [0.25, 0.3) is 5.56 Å². The van der Waals surface area contributed by atoms with Gasteiger partial charge < -0.3 is 24.5 Å². The molecular weight excluding hydrogens is 366 g/mol. The maximum Gasteiger partial charge on any atom is 0.325 e. The number of ether oxygens (including phenoxy) is 1. The third-order valence-corrected chi connectivity index (χ3v) is 4.26. The zero-order valence-electron chi connectivity index (χ0n) is 10.2. The normalized spacial score (nSPS) is 29.7. The van der Waals surface area contributed by atoms with Crippen molar-refractivity contribution in [2.45, 2.75) is 24.4 Å². The highest BCUT2D eigenvalue weighted by Crippen LogP contribution is 2.58. The van der Waals surface area contributed by atoms with Gasteiger partial charge in [-0.05, 0) is 34.3 Å². The van der Waals surface area contributed by atoms with Gasteiger partial charge in [-0.15, -0.1) is 0 Å². The number of nitrogens with one attached hydrogen (secondary N) is 2. The van der Waals surface area contributed by atoms with E-state index in [2.05, 4.69) is 16.8 Å². The molecule has 1 aliphatic rings. The van der Waals surface area contributed by atoms with E-state index in [0.29, 0.717) is 0 Å². The Hall–Kier alpha value is -0.250. The van der Waals surface area contributed by atoms with Crippen molar-refractivity contribution < 1.29 is 19.5 Å². The third kappa shape index (κ3) is 4.14. The molecule has 1 fully saturated rings. The molecule has 12 heteroatoms. The first-order valence-electron chi connectivity index (χ1n) is 5.66. The summed E-state index contributed by atoms with van der Waals surface area (Å²) in [6.45, 7) is -0.236. The van der Waals surface area contributed by atoms with E-state index in [4.69, 9.17) is 31.7 Å². The number of aliphatic hydroxyl groups is 2. The minimum Gasteiger partial charge on any atom is -0.387 e. The van der Waals surface area contributed by atoms with Gasteiger partial charge in [-0.2, -0.15) is 0 Å². The van der Waals surface area contributed by atoms with E-state index < -0.39 is 40.6 Å². The maximum atomic E-state index is 11.7. The Labute approximate surface area is 132 Å². The molecule has 2 rings (SSSR count). The molecule has 0 amide bonds. The van der Waals surface area contributed by atoms with Crippen molar-refractivity contribution in [3.63, 3.8) is 0 Å². The SMILES string of the molecule is O=c1[nH]cc([C@@H]2O[C@H](COP(=S)(Cl)Cl)[C@H](O)C2O)c(=O)[nH]1. The van der Waals surface area contributed by atoms with Gasteiger partial charge >= 0.3 is 5.69 Å². The topological polar surface area (TPSA) is 125 Å². The number of halogens is 2. The summed E-state index contributed by atoms with van der Waals surface area (Å²) < 4.78 is 10.4. The van der Waals surface area contributed by atoms with E-state index >= 15 is 0 Å². The molecule has 8 nitrogen and oxygen atoms in total. The fourth-order valence-corrected chi connectivity index (χ4v) is 2.78. The molecule has 0 bridgehead atoms. The summed E-state index contributed by atoms with van der Waals surface area (Å²) in [5, 5.41) is 19.8. The molecule has 118 valence electrons. The van der Waals surface area contributed by atoms with Gasteiger partial charge in [-0.1, -0.05) is 0 Å². The van der Waals surface area contributed by atoms with E-state index in [1.807, 2.05) is 4.98 Å². The van der Waals surface area contributed by atoms with Crippen LogP contribution in [0.4, 0.5) is 0 Å². The van der Waals surface area contributed by atoms with Crippen LogP contribution in [0.5, 0.6) is 0 Å². The second-order valence-electron chi connectivity index (χ2n) is 4.31. The van der Waals surface area contributed by atoms with E-state index in [0.717, 1.165) is 6.20 Å². The Kier molecular flexibility index (Phi) is 5.27. The smallest absolute Gasteiger partial charge is 0.325 e. The van der Waals surface area contributed by atoms with E-state index in [-0.39, 0.29) is 12.2 Å². The van der Waals surface area contributed by atoms with Crippen molar-refractivity contribution in [2.24, 2.45) is 0 Å². The number of H-pyrrole nitrogens is 2. The number of hydrogen-bond donors (Lipinski definition) is 4. The third-order valence-electron chi connectivity index (χ3n) is 2.91. The van der Waals surface area contributed by atoms with Gasteiger partial charge in [-0.3, -0.25) is 9.78 Å². The molecule has 4 atom stereocenters. The standard InChI is InChI=1S/C9H11Cl2N2O6PS/c10-20(11,21)18-2-4-5(14)6(15)7(19-4)3-1-12-9(17)13-8(3)16/h1,4-7,14-15H,2H2,(H2,12,13,16,17)/t4-,5+,6?,7+/m1/s1. The lowest BCUT2D eigenvalue weighted by Gasteiger charge is -2.15. The first-order valence-corrected chi connectivity index (χ1v) is 10.2. The van der Waals surface area contributed by atoms with Crippen molar-refractivity contribution in [3.05, 3.63) is 32.6 Å². The number of aromatic nitrogens is 2. The zero-order chi connectivity index (χ0) is 15.8. The quantitative estimate of drug-likeness (QED) is 0.542. The molecule has 4 N–H and O–H groups in total. The van der Waals surface area contributed by atoms with Crippen LogP contribution >= 0.6 is 27.5 Å². The van der Waals surface area contributed by atoms with Crippen LogP contribution in [0.1, 0.15) is 11.7 Å². The monoisotopic (exact) mass is 376 g/mol. The van der Waals surface area contributed by atoms with Gasteiger partial charge in [-0.25, -0.2) is 4.79 Å². The largest absolute Gasteiger partial charge is 0.387 e. The molecule has 21 heavy (non-hydrogen) atoms. The van der Waals surface area contributed by atoms with E-state index in [9.17, 15) is 19.8 Å². The molecule has 0 aliphatic carbocycles. The summed E-state index contributed by atoms with van der Waals surface area (Å²) in [4.78, 5) is 23.9. The zero-order valence-corrected chi connectivity index (χ0v) is 13.5. The summed E-state index contributed by atoms with van der Waals surface area (Å²) in [7, 11) is 0. The highest BCUT2D eigenvalue weighted by atomic mass is 35.9. The fourth-order valence-electron chi connectivity index (χ4n) is 1.94. The van der Waals surface area contributed by atoms with Crippen LogP contribution in [0.15, 0.2) is 15.8 Å². The molecule has 1 unspecified atom stereocenters. The lowest BCUT2D eigenvalue weighted by Crippen LogP contribution is -2.34. The second kappa shape index (κ2) is 6.47. The van der Waals surface area contributed by atoms with Gasteiger partial charge in [0.1, 0.15) is 24.4 Å². The number of aliphatic hydroxyl groups excluding tert-OH is 2. The average molecular weight is 377 g/mol. The lowest BCUT2D eigenvalue weighted by molar-refractivity contribution is -0.0146. The number of hydrogen-bond acceptors (Lipinski definition) is 7. The van der Waals surface area contributed by atoms with Crippen molar-refractivity contribution in [3.8, 4) is 0 Å². The Bertz CT molecular complexity index is 675. The molecular formula is C9H11Cl2N2O6PS. The van der Waals surface area contributed by atoms with Crippen LogP contribution in [0.2, 0.25) is 0 Å². The fraction of sp³-hybridized carbons (Fsp3) is 0.556. The number of rotatable bonds is 4. The van der Waals surface area contributed by atoms with Gasteiger partial charge in [0, 0.05) is 6.20 Å². The highest BCUT2D eigenvalue weighted by Gasteiger charge is 2.44. The summed E-state index contributed by atoms with van der Waals surface area (Å²) >= 11 is 15.8. The number of aromatic amines is 2. The predicted molar refractivity (Wildman–Crippen MR) is 79.3 cm³/mol. The minimum atomic E-state index is -2.98. The van der Waals surface area contributed by atoms with Crippen molar-refractivity contribution in [1.82, 2.24) is 9.97 Å². The Morgan fingerprint density at radius 1 is 1.38 bits per heavy atom. The summed E-state index contributed by atoms with van der Waals surface area (Å²) in [5.41, 5.74) is -1.45. The first kappa shape index (κ1) is 17.1. The average Bonchev–Trinajstić information content (AvgIpc) is 2.64. The molecule has 0 spiro atoms. The van der Waals surface area contributed by atoms with Crippen LogP contribution in [-0.4, -0.2) is 45.1 Å². The van der Waals surface area contributed by atoms with Crippen LogP contribution in [-0.2, 0) is 21.1 Å². The molecule has 2 heterocycles. The van der Waals surface area contributed by atoms with E-state index in [1.165, 1.54) is 0 Å². The van der Waals surface area contributed by atoms with Crippen LogP contribution < -0.4 is 11.2 Å². The predicted octanol–water partition coefficient (Wildman–Crippen LogP) is -0.0564. The Balaban J connectivity index is 2.18. The summed E-state index contributed by atoms with van der Waals surface area (Å²) in [6.07, 6.45) is -3.68. The summed E-state index contributed by atoms with van der Waals surface area (Å²) in [5.74, 6) is 0. The lowest BCUT2D eigenvalue weighted by atomic mass is 10.0. The van der Waals surface area contributed by atoms with Crippen molar-refractivity contribution >= 4 is 39.3 Å². The van der Waals surface area contributed by atoms with Crippen molar-refractivity contribution in [2.75, 3.05) is 6.61 Å². The van der Waals surface area contributed by atoms with Gasteiger partial charge in [0.15, 0.2) is 0 Å². The minimum absolute atomic E-state index is 0.0279. The molecule has 1 aromatic rings.